The summed E-state index contributed by atoms with van der Waals surface area (Å²) in [7, 11) is 0. The van der Waals surface area contributed by atoms with Gasteiger partial charge >= 0.3 is 0 Å². The van der Waals surface area contributed by atoms with Crippen LogP contribution < -0.4 is 4.74 Å². The lowest BCUT2D eigenvalue weighted by atomic mass is 10.0. The van der Waals surface area contributed by atoms with Crippen LogP contribution in [0.3, 0.4) is 0 Å². The van der Waals surface area contributed by atoms with E-state index in [0.29, 0.717) is 18.1 Å². The van der Waals surface area contributed by atoms with E-state index in [9.17, 15) is 4.79 Å². The largest absolute Gasteiger partial charge is 0.493 e. The lowest BCUT2D eigenvalue weighted by Gasteiger charge is -2.15. The van der Waals surface area contributed by atoms with E-state index in [2.05, 4.69) is 32.0 Å². The number of amidine groups is 1. The predicted molar refractivity (Wildman–Crippen MR) is 136 cm³/mol. The minimum atomic E-state index is 0.00435. The molecule has 0 bridgehead atoms. The van der Waals surface area contributed by atoms with Crippen molar-refractivity contribution in [1.82, 2.24) is 4.90 Å². The SMILES string of the molecule is CCCCN1C(=O)/C(=C\c2c(OCC)ccc3ccccc23)SC1=Nc1ccc(C)cc1. The van der Waals surface area contributed by atoms with Crippen LogP contribution >= 0.6 is 11.8 Å². The van der Waals surface area contributed by atoms with Gasteiger partial charge in [0.1, 0.15) is 5.75 Å². The molecular weight excluding hydrogens is 416 g/mol. The third-order valence-electron chi connectivity index (χ3n) is 5.39. The molecule has 0 aliphatic carbocycles. The van der Waals surface area contributed by atoms with E-state index < -0.39 is 0 Å². The van der Waals surface area contributed by atoms with Crippen molar-refractivity contribution < 1.29 is 9.53 Å². The fraction of sp³-hybridized carbons (Fsp3) is 0.259. The van der Waals surface area contributed by atoms with Gasteiger partial charge in [-0.2, -0.15) is 0 Å². The van der Waals surface area contributed by atoms with Crippen LogP contribution in [0.4, 0.5) is 5.69 Å². The van der Waals surface area contributed by atoms with Gasteiger partial charge in [0, 0.05) is 12.1 Å². The van der Waals surface area contributed by atoms with Gasteiger partial charge in [0.2, 0.25) is 0 Å². The summed E-state index contributed by atoms with van der Waals surface area (Å²) in [6.45, 7) is 7.39. The number of fused-ring (bicyclic) bond motifs is 1. The zero-order valence-corrected chi connectivity index (χ0v) is 19.6. The quantitative estimate of drug-likeness (QED) is 0.370. The number of ether oxygens (including phenoxy) is 1. The van der Waals surface area contributed by atoms with Gasteiger partial charge in [-0.25, -0.2) is 4.99 Å². The third-order valence-corrected chi connectivity index (χ3v) is 6.39. The summed E-state index contributed by atoms with van der Waals surface area (Å²) in [5.74, 6) is 0.792. The molecule has 0 saturated carbocycles. The molecular formula is C27H28N2O2S. The number of unbranched alkanes of at least 4 members (excludes halogenated alkanes) is 1. The zero-order valence-electron chi connectivity index (χ0n) is 18.8. The normalized spacial score (nSPS) is 16.5. The Labute approximate surface area is 194 Å². The first kappa shape index (κ1) is 22.2. The number of carbonyl (C=O) groups excluding carboxylic acids is 1. The molecule has 0 radical (unpaired) electrons. The Kier molecular flexibility index (Phi) is 6.96. The van der Waals surface area contributed by atoms with Crippen molar-refractivity contribution in [2.45, 2.75) is 33.6 Å². The van der Waals surface area contributed by atoms with Crippen molar-refractivity contribution in [2.75, 3.05) is 13.2 Å². The molecule has 1 aliphatic heterocycles. The van der Waals surface area contributed by atoms with Gasteiger partial charge in [-0.15, -0.1) is 0 Å². The zero-order chi connectivity index (χ0) is 22.5. The molecule has 0 aromatic heterocycles. The second kappa shape index (κ2) is 10.0. The van der Waals surface area contributed by atoms with E-state index >= 15 is 0 Å². The Morgan fingerprint density at radius 3 is 2.56 bits per heavy atom. The highest BCUT2D eigenvalue weighted by Crippen LogP contribution is 2.38. The van der Waals surface area contributed by atoms with Gasteiger partial charge in [-0.1, -0.05) is 61.4 Å². The van der Waals surface area contributed by atoms with Crippen molar-refractivity contribution in [1.29, 1.82) is 0 Å². The highest BCUT2D eigenvalue weighted by Gasteiger charge is 2.33. The maximum Gasteiger partial charge on any atom is 0.266 e. The van der Waals surface area contributed by atoms with Crippen molar-refractivity contribution in [3.63, 3.8) is 0 Å². The Bertz CT molecular complexity index is 1180. The number of aryl methyl sites for hydroxylation is 1. The monoisotopic (exact) mass is 444 g/mol. The molecule has 0 N–H and O–H groups in total. The molecule has 5 heteroatoms. The summed E-state index contributed by atoms with van der Waals surface area (Å²) in [5.41, 5.74) is 2.98. The molecule has 1 aliphatic rings. The minimum Gasteiger partial charge on any atom is -0.493 e. The van der Waals surface area contributed by atoms with Crippen LogP contribution in [0.5, 0.6) is 5.75 Å². The van der Waals surface area contributed by atoms with Gasteiger partial charge in [-0.05, 0) is 67.1 Å². The Morgan fingerprint density at radius 1 is 1.03 bits per heavy atom. The summed E-state index contributed by atoms with van der Waals surface area (Å²) in [5, 5.41) is 2.93. The minimum absolute atomic E-state index is 0.00435. The molecule has 3 aromatic carbocycles. The summed E-state index contributed by atoms with van der Waals surface area (Å²) in [4.78, 5) is 20.7. The highest BCUT2D eigenvalue weighted by atomic mass is 32.2. The molecule has 1 saturated heterocycles. The smallest absolute Gasteiger partial charge is 0.266 e. The van der Waals surface area contributed by atoms with E-state index in [1.54, 1.807) is 0 Å². The number of hydrogen-bond acceptors (Lipinski definition) is 4. The molecule has 0 atom stereocenters. The second-order valence-electron chi connectivity index (χ2n) is 7.78. The number of carbonyl (C=O) groups is 1. The van der Waals surface area contributed by atoms with Crippen LogP contribution in [0.15, 0.2) is 70.6 Å². The van der Waals surface area contributed by atoms with Gasteiger partial charge < -0.3 is 4.74 Å². The highest BCUT2D eigenvalue weighted by molar-refractivity contribution is 8.18. The average Bonchev–Trinajstić information content (AvgIpc) is 3.09. The van der Waals surface area contributed by atoms with Crippen LogP contribution in [0.1, 0.15) is 37.8 Å². The van der Waals surface area contributed by atoms with E-state index in [1.165, 1.54) is 17.3 Å². The second-order valence-corrected chi connectivity index (χ2v) is 8.79. The van der Waals surface area contributed by atoms with E-state index in [0.717, 1.165) is 45.8 Å². The van der Waals surface area contributed by atoms with Crippen LogP contribution in [0.2, 0.25) is 0 Å². The van der Waals surface area contributed by atoms with Crippen LogP contribution in [-0.2, 0) is 4.79 Å². The van der Waals surface area contributed by atoms with E-state index in [-0.39, 0.29) is 5.91 Å². The van der Waals surface area contributed by atoms with Crippen molar-refractivity contribution in [3.8, 4) is 5.75 Å². The standard InChI is InChI=1S/C27H28N2O2S/c1-4-6-17-29-26(30)25(32-27(29)28-21-14-11-19(3)12-15-21)18-23-22-10-8-7-9-20(22)13-16-24(23)31-5-2/h7-16,18H,4-6,17H2,1-3H3/b25-18+,28-27?. The molecule has 1 heterocycles. The predicted octanol–water partition coefficient (Wildman–Crippen LogP) is 6.95. The first-order valence-electron chi connectivity index (χ1n) is 11.1. The maximum absolute atomic E-state index is 13.4. The number of amides is 1. The summed E-state index contributed by atoms with van der Waals surface area (Å²) in [6.07, 6.45) is 3.92. The number of nitrogens with zero attached hydrogens (tertiary/aromatic N) is 2. The van der Waals surface area contributed by atoms with Gasteiger partial charge in [0.05, 0.1) is 17.2 Å². The Hall–Kier alpha value is -3.05. The molecule has 0 spiro atoms. The summed E-state index contributed by atoms with van der Waals surface area (Å²) >= 11 is 1.44. The number of aliphatic imine (C=N–C) groups is 1. The molecule has 0 unspecified atom stereocenters. The van der Waals surface area contributed by atoms with Gasteiger partial charge in [-0.3, -0.25) is 9.69 Å². The van der Waals surface area contributed by atoms with Crippen molar-refractivity contribution in [2.24, 2.45) is 4.99 Å². The number of hydrogen-bond donors (Lipinski definition) is 0. The first-order chi connectivity index (χ1) is 15.6. The molecule has 32 heavy (non-hydrogen) atoms. The average molecular weight is 445 g/mol. The number of thioether (sulfide) groups is 1. The molecule has 4 rings (SSSR count). The third kappa shape index (κ3) is 4.73. The fourth-order valence-electron chi connectivity index (χ4n) is 3.67. The fourth-order valence-corrected chi connectivity index (χ4v) is 4.68. The molecule has 4 nitrogen and oxygen atoms in total. The summed E-state index contributed by atoms with van der Waals surface area (Å²) in [6, 6.07) is 20.3. The Balaban J connectivity index is 1.77. The molecule has 1 amide bonds. The maximum atomic E-state index is 13.4. The Morgan fingerprint density at radius 2 is 1.81 bits per heavy atom. The van der Waals surface area contributed by atoms with Crippen LogP contribution in [-0.4, -0.2) is 29.1 Å². The van der Waals surface area contributed by atoms with Gasteiger partial charge in [0.25, 0.3) is 5.91 Å². The topological polar surface area (TPSA) is 41.9 Å². The van der Waals surface area contributed by atoms with E-state index in [1.807, 2.05) is 60.4 Å². The van der Waals surface area contributed by atoms with Crippen molar-refractivity contribution in [3.05, 3.63) is 76.7 Å². The van der Waals surface area contributed by atoms with Crippen molar-refractivity contribution >= 4 is 45.4 Å². The van der Waals surface area contributed by atoms with Crippen LogP contribution in [0, 0.1) is 6.92 Å². The van der Waals surface area contributed by atoms with E-state index in [4.69, 9.17) is 9.73 Å². The number of benzene rings is 3. The van der Waals surface area contributed by atoms with Gasteiger partial charge in [0.15, 0.2) is 5.17 Å². The molecule has 3 aromatic rings. The molecule has 164 valence electrons. The molecule has 1 fully saturated rings. The van der Waals surface area contributed by atoms with Crippen LogP contribution in [0.25, 0.3) is 16.8 Å². The first-order valence-corrected chi connectivity index (χ1v) is 11.9. The number of rotatable bonds is 7. The summed E-state index contributed by atoms with van der Waals surface area (Å²) < 4.78 is 5.91. The lowest BCUT2D eigenvalue weighted by molar-refractivity contribution is -0.122. The lowest BCUT2D eigenvalue weighted by Crippen LogP contribution is -2.30.